The number of hydrogen-bond donors (Lipinski definition) is 2. The number of rotatable bonds is 4. The van der Waals surface area contributed by atoms with Crippen LogP contribution in [-0.4, -0.2) is 25.8 Å². The first-order chi connectivity index (χ1) is 8.16. The molecule has 94 valence electrons. The van der Waals surface area contributed by atoms with Gasteiger partial charge in [0, 0.05) is 24.3 Å². The summed E-state index contributed by atoms with van der Waals surface area (Å²) in [5.74, 6) is 1.66. The Morgan fingerprint density at radius 2 is 1.94 bits per heavy atom. The molecule has 1 unspecified atom stereocenters. The summed E-state index contributed by atoms with van der Waals surface area (Å²) in [5, 5.41) is 3.38. The number of fused-ring (bicyclic) bond motifs is 1. The van der Waals surface area contributed by atoms with E-state index >= 15 is 0 Å². The first-order valence-electron chi connectivity index (χ1n) is 6.06. The van der Waals surface area contributed by atoms with E-state index in [4.69, 9.17) is 15.2 Å². The SMILES string of the molecule is Cc1cc2c(cc1NCCC(C)N)OCCO2. The van der Waals surface area contributed by atoms with Crippen LogP contribution in [0.15, 0.2) is 12.1 Å². The maximum absolute atomic E-state index is 5.72. The number of hydrogen-bond acceptors (Lipinski definition) is 4. The fourth-order valence-corrected chi connectivity index (χ4v) is 1.82. The van der Waals surface area contributed by atoms with Gasteiger partial charge < -0.3 is 20.5 Å². The number of nitrogens with two attached hydrogens (primary N) is 1. The molecule has 1 heterocycles. The van der Waals surface area contributed by atoms with E-state index < -0.39 is 0 Å². The molecule has 0 bridgehead atoms. The van der Waals surface area contributed by atoms with Crippen LogP contribution in [0.1, 0.15) is 18.9 Å². The molecule has 2 rings (SSSR count). The van der Waals surface area contributed by atoms with E-state index in [2.05, 4.69) is 12.2 Å². The first kappa shape index (κ1) is 12.0. The standard InChI is InChI=1S/C13H20N2O2/c1-9-7-12-13(17-6-5-16-12)8-11(9)15-4-3-10(2)14/h7-8,10,15H,3-6,14H2,1-2H3. The van der Waals surface area contributed by atoms with Gasteiger partial charge in [0.15, 0.2) is 11.5 Å². The van der Waals surface area contributed by atoms with Crippen LogP contribution in [0, 0.1) is 6.92 Å². The third-order valence-electron chi connectivity index (χ3n) is 2.80. The molecule has 0 spiro atoms. The van der Waals surface area contributed by atoms with Gasteiger partial charge in [-0.3, -0.25) is 0 Å². The van der Waals surface area contributed by atoms with E-state index in [-0.39, 0.29) is 6.04 Å². The Bertz CT molecular complexity index is 391. The number of aryl methyl sites for hydroxylation is 1. The normalized spacial score (nSPS) is 15.5. The predicted octanol–water partition coefficient (Wildman–Crippen LogP) is 1.92. The second-order valence-corrected chi connectivity index (χ2v) is 4.50. The summed E-state index contributed by atoms with van der Waals surface area (Å²) in [5.41, 5.74) is 7.98. The zero-order valence-corrected chi connectivity index (χ0v) is 10.5. The van der Waals surface area contributed by atoms with Crippen LogP contribution in [0.4, 0.5) is 5.69 Å². The number of ether oxygens (including phenoxy) is 2. The smallest absolute Gasteiger partial charge is 0.163 e. The van der Waals surface area contributed by atoms with Crippen molar-refractivity contribution in [3.05, 3.63) is 17.7 Å². The Hall–Kier alpha value is -1.42. The largest absolute Gasteiger partial charge is 0.486 e. The molecular weight excluding hydrogens is 216 g/mol. The lowest BCUT2D eigenvalue weighted by molar-refractivity contribution is 0.171. The molecule has 0 amide bonds. The zero-order valence-electron chi connectivity index (χ0n) is 10.5. The highest BCUT2D eigenvalue weighted by atomic mass is 16.6. The van der Waals surface area contributed by atoms with Crippen LogP contribution in [0.3, 0.4) is 0 Å². The van der Waals surface area contributed by atoms with E-state index in [0.29, 0.717) is 13.2 Å². The monoisotopic (exact) mass is 236 g/mol. The Morgan fingerprint density at radius 3 is 2.59 bits per heavy atom. The topological polar surface area (TPSA) is 56.5 Å². The van der Waals surface area contributed by atoms with Crippen molar-refractivity contribution in [1.82, 2.24) is 0 Å². The summed E-state index contributed by atoms with van der Waals surface area (Å²) in [7, 11) is 0. The van der Waals surface area contributed by atoms with Crippen molar-refractivity contribution in [2.24, 2.45) is 5.73 Å². The van der Waals surface area contributed by atoms with Gasteiger partial charge in [0.2, 0.25) is 0 Å². The quantitative estimate of drug-likeness (QED) is 0.838. The molecule has 0 saturated carbocycles. The van der Waals surface area contributed by atoms with Crippen LogP contribution in [-0.2, 0) is 0 Å². The number of benzene rings is 1. The zero-order chi connectivity index (χ0) is 12.3. The minimum Gasteiger partial charge on any atom is -0.486 e. The molecule has 1 aliphatic rings. The van der Waals surface area contributed by atoms with Crippen LogP contribution < -0.4 is 20.5 Å². The maximum Gasteiger partial charge on any atom is 0.163 e. The van der Waals surface area contributed by atoms with Crippen molar-refractivity contribution >= 4 is 5.69 Å². The fraction of sp³-hybridized carbons (Fsp3) is 0.538. The highest BCUT2D eigenvalue weighted by molar-refractivity contribution is 5.60. The van der Waals surface area contributed by atoms with E-state index in [9.17, 15) is 0 Å². The van der Waals surface area contributed by atoms with Crippen molar-refractivity contribution in [3.63, 3.8) is 0 Å². The van der Waals surface area contributed by atoms with E-state index in [0.717, 1.165) is 30.2 Å². The first-order valence-corrected chi connectivity index (χ1v) is 6.06. The van der Waals surface area contributed by atoms with Crippen molar-refractivity contribution in [1.29, 1.82) is 0 Å². The lowest BCUT2D eigenvalue weighted by Crippen LogP contribution is -2.19. The highest BCUT2D eigenvalue weighted by Gasteiger charge is 2.13. The van der Waals surface area contributed by atoms with Gasteiger partial charge in [-0.1, -0.05) is 0 Å². The summed E-state index contributed by atoms with van der Waals surface area (Å²) in [6.45, 7) is 6.20. The van der Waals surface area contributed by atoms with E-state index in [1.807, 2.05) is 19.1 Å². The summed E-state index contributed by atoms with van der Waals surface area (Å²) in [6, 6.07) is 4.24. The summed E-state index contributed by atoms with van der Waals surface area (Å²) < 4.78 is 11.1. The van der Waals surface area contributed by atoms with E-state index in [1.165, 1.54) is 5.56 Å². The molecular formula is C13H20N2O2. The van der Waals surface area contributed by atoms with Gasteiger partial charge in [0.1, 0.15) is 13.2 Å². The molecule has 0 saturated heterocycles. The molecule has 3 N–H and O–H groups in total. The maximum atomic E-state index is 5.72. The highest BCUT2D eigenvalue weighted by Crippen LogP contribution is 2.35. The second kappa shape index (κ2) is 5.27. The fourth-order valence-electron chi connectivity index (χ4n) is 1.82. The Labute approximate surface area is 102 Å². The Kier molecular flexibility index (Phi) is 3.74. The average molecular weight is 236 g/mol. The molecule has 0 fully saturated rings. The molecule has 17 heavy (non-hydrogen) atoms. The molecule has 0 aromatic heterocycles. The molecule has 1 aliphatic heterocycles. The van der Waals surface area contributed by atoms with Crippen molar-refractivity contribution in [3.8, 4) is 11.5 Å². The Balaban J connectivity index is 2.06. The van der Waals surface area contributed by atoms with Gasteiger partial charge in [-0.25, -0.2) is 0 Å². The van der Waals surface area contributed by atoms with Crippen LogP contribution in [0.2, 0.25) is 0 Å². The summed E-state index contributed by atoms with van der Waals surface area (Å²) in [6.07, 6.45) is 0.952. The number of nitrogens with one attached hydrogen (secondary N) is 1. The third kappa shape index (κ3) is 3.03. The van der Waals surface area contributed by atoms with Gasteiger partial charge >= 0.3 is 0 Å². The predicted molar refractivity (Wildman–Crippen MR) is 68.9 cm³/mol. The molecule has 1 atom stereocenters. The Morgan fingerprint density at radius 1 is 1.29 bits per heavy atom. The molecule has 4 heteroatoms. The van der Waals surface area contributed by atoms with Gasteiger partial charge in [-0.2, -0.15) is 0 Å². The van der Waals surface area contributed by atoms with Crippen molar-refractivity contribution in [2.75, 3.05) is 25.1 Å². The average Bonchev–Trinajstić information content (AvgIpc) is 2.29. The molecule has 1 aromatic rings. The lowest BCUT2D eigenvalue weighted by Gasteiger charge is -2.21. The van der Waals surface area contributed by atoms with Crippen LogP contribution >= 0.6 is 0 Å². The van der Waals surface area contributed by atoms with Gasteiger partial charge in [0.05, 0.1) is 0 Å². The second-order valence-electron chi connectivity index (χ2n) is 4.50. The lowest BCUT2D eigenvalue weighted by atomic mass is 10.1. The van der Waals surface area contributed by atoms with Crippen LogP contribution in [0.5, 0.6) is 11.5 Å². The minimum atomic E-state index is 0.222. The van der Waals surface area contributed by atoms with Crippen molar-refractivity contribution < 1.29 is 9.47 Å². The molecule has 0 aliphatic carbocycles. The minimum absolute atomic E-state index is 0.222. The summed E-state index contributed by atoms with van der Waals surface area (Å²) in [4.78, 5) is 0. The molecule has 1 aromatic carbocycles. The van der Waals surface area contributed by atoms with Gasteiger partial charge in [-0.05, 0) is 31.9 Å². The number of anilines is 1. The summed E-state index contributed by atoms with van der Waals surface area (Å²) >= 11 is 0. The van der Waals surface area contributed by atoms with E-state index in [1.54, 1.807) is 0 Å². The molecule has 0 radical (unpaired) electrons. The van der Waals surface area contributed by atoms with Crippen molar-refractivity contribution in [2.45, 2.75) is 26.3 Å². The van der Waals surface area contributed by atoms with Gasteiger partial charge in [-0.15, -0.1) is 0 Å². The third-order valence-corrected chi connectivity index (χ3v) is 2.80. The van der Waals surface area contributed by atoms with Crippen LogP contribution in [0.25, 0.3) is 0 Å². The molecule has 4 nitrogen and oxygen atoms in total. The van der Waals surface area contributed by atoms with Gasteiger partial charge in [0.25, 0.3) is 0 Å².